The number of amides is 1. The van der Waals surface area contributed by atoms with Gasteiger partial charge in [0.15, 0.2) is 11.6 Å². The van der Waals surface area contributed by atoms with Crippen LogP contribution in [0.2, 0.25) is 0 Å². The van der Waals surface area contributed by atoms with Crippen molar-refractivity contribution in [1.29, 1.82) is 0 Å². The second kappa shape index (κ2) is 13.2. The van der Waals surface area contributed by atoms with E-state index in [0.29, 0.717) is 44.2 Å². The monoisotopic (exact) mass is 617 g/mol. The number of hydrogen-bond donors (Lipinski definition) is 1. The van der Waals surface area contributed by atoms with Gasteiger partial charge in [0.1, 0.15) is 5.75 Å². The first-order chi connectivity index (χ1) is 20.1. The van der Waals surface area contributed by atoms with Crippen molar-refractivity contribution in [3.8, 4) is 5.75 Å². The Balaban J connectivity index is 1.63. The Morgan fingerprint density at radius 3 is 2.51 bits per heavy atom. The molecule has 0 bridgehead atoms. The maximum atomic E-state index is 14.6. The molecule has 10 heteroatoms. The maximum Gasteiger partial charge on any atom is 0.255 e. The number of halogens is 1. The summed E-state index contributed by atoms with van der Waals surface area (Å²) >= 11 is 3.68. The van der Waals surface area contributed by atoms with Crippen molar-refractivity contribution in [3.63, 3.8) is 0 Å². The summed E-state index contributed by atoms with van der Waals surface area (Å²) in [5.74, 6) is 0.966. The summed E-state index contributed by atoms with van der Waals surface area (Å²) in [6, 6.07) is 22.9. The lowest BCUT2D eigenvalue weighted by molar-refractivity contribution is -0.138. The normalized spacial score (nSPS) is 19.8. The molecule has 212 valence electrons. The average molecular weight is 619 g/mol. The van der Waals surface area contributed by atoms with Gasteiger partial charge in [-0.25, -0.2) is 4.99 Å². The number of rotatable bonds is 11. The van der Waals surface area contributed by atoms with E-state index in [4.69, 9.17) is 25.1 Å². The molecule has 0 aliphatic carbocycles. The number of benzene rings is 3. The molecule has 1 N–H and O–H groups in total. The lowest BCUT2D eigenvalue weighted by Gasteiger charge is -2.35. The number of carbonyl (C=O) groups excluding carboxylic acids is 1. The zero-order valence-electron chi connectivity index (χ0n) is 22.7. The molecule has 1 saturated heterocycles. The van der Waals surface area contributed by atoms with E-state index in [-0.39, 0.29) is 19.1 Å². The molecule has 2 atom stereocenters. The molecule has 0 spiro atoms. The molecule has 0 aromatic heterocycles. The lowest BCUT2D eigenvalue weighted by Crippen LogP contribution is -2.51. The Morgan fingerprint density at radius 1 is 1.10 bits per heavy atom. The van der Waals surface area contributed by atoms with Gasteiger partial charge in [0.2, 0.25) is 5.90 Å². The molecule has 9 nitrogen and oxygen atoms in total. The highest BCUT2D eigenvalue weighted by Crippen LogP contribution is 2.45. The van der Waals surface area contributed by atoms with Crippen LogP contribution in [0.15, 0.2) is 87.4 Å². The Labute approximate surface area is 247 Å². The highest BCUT2D eigenvalue weighted by atomic mass is 79.9. The van der Waals surface area contributed by atoms with Gasteiger partial charge >= 0.3 is 0 Å². The lowest BCUT2D eigenvalue weighted by atomic mass is 9.80. The summed E-state index contributed by atoms with van der Waals surface area (Å²) < 4.78 is 13.3. The number of azide groups is 1. The van der Waals surface area contributed by atoms with Crippen LogP contribution in [0.25, 0.3) is 10.4 Å². The highest BCUT2D eigenvalue weighted by Gasteiger charge is 2.55. The second-order valence-electron chi connectivity index (χ2n) is 10.1. The minimum Gasteiger partial charge on any atom is -0.494 e. The number of carbonyl (C=O) groups is 1. The third kappa shape index (κ3) is 6.25. The number of aliphatic hydroxyl groups is 1. The van der Waals surface area contributed by atoms with Crippen LogP contribution in [0.3, 0.4) is 0 Å². The van der Waals surface area contributed by atoms with Gasteiger partial charge in [-0.1, -0.05) is 63.5 Å². The van der Waals surface area contributed by atoms with Crippen LogP contribution in [0.5, 0.6) is 5.75 Å². The van der Waals surface area contributed by atoms with E-state index < -0.39 is 11.6 Å². The highest BCUT2D eigenvalue weighted by molar-refractivity contribution is 9.10. The molecule has 3 aromatic carbocycles. The van der Waals surface area contributed by atoms with Crippen LogP contribution in [0.4, 0.5) is 0 Å². The van der Waals surface area contributed by atoms with Crippen LogP contribution in [-0.4, -0.2) is 53.7 Å². The number of nitrogens with zero attached hydrogens (tertiary/aromatic N) is 5. The van der Waals surface area contributed by atoms with Gasteiger partial charge in [-0.15, -0.1) is 0 Å². The summed E-state index contributed by atoms with van der Waals surface area (Å²) in [4.78, 5) is 24.6. The summed E-state index contributed by atoms with van der Waals surface area (Å²) in [7, 11) is 0. The Hall–Kier alpha value is -3.85. The van der Waals surface area contributed by atoms with Crippen molar-refractivity contribution in [1.82, 2.24) is 4.90 Å². The number of likely N-dealkylation sites (tertiary alicyclic amines) is 1. The van der Waals surface area contributed by atoms with Crippen molar-refractivity contribution in [3.05, 3.63) is 110 Å². The largest absolute Gasteiger partial charge is 0.494 e. The zero-order valence-corrected chi connectivity index (χ0v) is 24.2. The van der Waals surface area contributed by atoms with E-state index in [1.54, 1.807) is 0 Å². The first kappa shape index (κ1) is 28.7. The average Bonchev–Trinajstić information content (AvgIpc) is 3.67. The Kier molecular flexibility index (Phi) is 9.24. The molecule has 2 aliphatic rings. The minimum absolute atomic E-state index is 0.0654. The smallest absolute Gasteiger partial charge is 0.255 e. The van der Waals surface area contributed by atoms with Crippen LogP contribution in [-0.2, 0) is 22.5 Å². The van der Waals surface area contributed by atoms with Gasteiger partial charge in [0.25, 0.3) is 5.91 Å². The third-order valence-electron chi connectivity index (χ3n) is 7.46. The Morgan fingerprint density at radius 2 is 1.80 bits per heavy atom. The van der Waals surface area contributed by atoms with Gasteiger partial charge in [-0.3, -0.25) is 4.79 Å². The zero-order chi connectivity index (χ0) is 28.7. The third-order valence-corrected chi connectivity index (χ3v) is 8.23. The molecule has 3 aromatic rings. The number of hydrogen-bond acceptors (Lipinski definition) is 6. The number of aliphatic imine (C=N–C) groups is 1. The van der Waals surface area contributed by atoms with E-state index in [0.717, 1.165) is 39.6 Å². The minimum atomic E-state index is -1.29. The molecule has 1 amide bonds. The van der Waals surface area contributed by atoms with Crippen molar-refractivity contribution in [2.75, 3.05) is 26.3 Å². The molecule has 0 radical (unpaired) electrons. The summed E-state index contributed by atoms with van der Waals surface area (Å²) in [5.41, 5.74) is 11.0. The van der Waals surface area contributed by atoms with E-state index in [1.807, 2.05) is 77.7 Å². The number of aliphatic hydroxyl groups excluding tert-OH is 1. The molecule has 1 fully saturated rings. The van der Waals surface area contributed by atoms with Gasteiger partial charge in [0.05, 0.1) is 13.2 Å². The van der Waals surface area contributed by atoms with Crippen LogP contribution in [0, 0.1) is 0 Å². The van der Waals surface area contributed by atoms with Gasteiger partial charge in [0, 0.05) is 47.5 Å². The first-order valence-electron chi connectivity index (χ1n) is 13.8. The predicted octanol–water partition coefficient (Wildman–Crippen LogP) is 6.14. The Bertz CT molecular complexity index is 1450. The fourth-order valence-electron chi connectivity index (χ4n) is 5.41. The van der Waals surface area contributed by atoms with Crippen molar-refractivity contribution >= 4 is 27.7 Å². The molecular formula is C31H32BrN5O4. The molecule has 2 aliphatic heterocycles. The van der Waals surface area contributed by atoms with Gasteiger partial charge < -0.3 is 19.5 Å². The molecule has 5 rings (SSSR count). The van der Waals surface area contributed by atoms with Crippen molar-refractivity contribution in [2.24, 2.45) is 10.1 Å². The van der Waals surface area contributed by atoms with E-state index in [2.05, 4.69) is 26.0 Å². The summed E-state index contributed by atoms with van der Waals surface area (Å²) in [5, 5.41) is 12.9. The van der Waals surface area contributed by atoms with E-state index in [9.17, 15) is 4.79 Å². The molecule has 2 heterocycles. The standard InChI is InChI=1S/C31H32BrN5O4/c32-27-11-4-2-8-23(27)20-31(30(39)37-16-5-6-17-37)28(26-10-3-1-9-24(26)21-34-36-33)41-29(35-31)22-12-14-25(15-13-22)40-19-7-18-38/h1-4,8-15,28,38H,5-7,16-21H2/t28-,31-/m1/s1. The van der Waals surface area contributed by atoms with Crippen LogP contribution >= 0.6 is 15.9 Å². The molecule has 41 heavy (non-hydrogen) atoms. The summed E-state index contributed by atoms with van der Waals surface area (Å²) in [6.07, 6.45) is 2.01. The van der Waals surface area contributed by atoms with Crippen LogP contribution < -0.4 is 4.74 Å². The van der Waals surface area contributed by atoms with Gasteiger partial charge in [-0.2, -0.15) is 0 Å². The molecule has 0 unspecified atom stereocenters. The first-order valence-corrected chi connectivity index (χ1v) is 14.6. The quantitative estimate of drug-likeness (QED) is 0.120. The predicted molar refractivity (Wildman–Crippen MR) is 160 cm³/mol. The van der Waals surface area contributed by atoms with Crippen LogP contribution in [0.1, 0.15) is 47.6 Å². The second-order valence-corrected chi connectivity index (χ2v) is 11.0. The molecule has 0 saturated carbocycles. The fraction of sp³-hybridized carbons (Fsp3) is 0.355. The summed E-state index contributed by atoms with van der Waals surface area (Å²) in [6.45, 7) is 1.96. The number of ether oxygens (including phenoxy) is 2. The van der Waals surface area contributed by atoms with Crippen molar-refractivity contribution in [2.45, 2.75) is 43.9 Å². The van der Waals surface area contributed by atoms with Gasteiger partial charge in [-0.05, 0) is 65.4 Å². The van der Waals surface area contributed by atoms with E-state index in [1.165, 1.54) is 0 Å². The van der Waals surface area contributed by atoms with Crippen molar-refractivity contribution < 1.29 is 19.4 Å². The topological polar surface area (TPSA) is 120 Å². The van der Waals surface area contributed by atoms with E-state index >= 15 is 0 Å². The maximum absolute atomic E-state index is 14.6. The molecular weight excluding hydrogens is 586 g/mol. The fourth-order valence-corrected chi connectivity index (χ4v) is 5.84. The SMILES string of the molecule is [N-]=[N+]=NCc1ccccc1[C@H]1OC(c2ccc(OCCCO)cc2)=N[C@@]1(Cc1ccccc1Br)C(=O)N1CCCC1.